The second-order valence-corrected chi connectivity index (χ2v) is 2.93. The minimum atomic E-state index is -4.40. The van der Waals surface area contributed by atoms with Crippen molar-refractivity contribution in [3.8, 4) is 11.8 Å². The lowest BCUT2D eigenvalue weighted by Gasteiger charge is -2.05. The van der Waals surface area contributed by atoms with Crippen LogP contribution in [0, 0.1) is 11.8 Å². The maximum Gasteiger partial charge on any atom is 0.416 e. The van der Waals surface area contributed by atoms with Crippen LogP contribution in [0.4, 0.5) is 13.2 Å². The van der Waals surface area contributed by atoms with Crippen LogP contribution in [0.5, 0.6) is 0 Å². The molecular weight excluding hydrogens is 233 g/mol. The Morgan fingerprint density at radius 2 is 2.24 bits per heavy atom. The van der Waals surface area contributed by atoms with Gasteiger partial charge in [0.05, 0.1) is 5.56 Å². The van der Waals surface area contributed by atoms with E-state index in [2.05, 4.69) is 26.9 Å². The molecule has 4 nitrogen and oxygen atoms in total. The molecule has 0 aromatic carbocycles. The number of pyridine rings is 1. The van der Waals surface area contributed by atoms with Gasteiger partial charge >= 0.3 is 6.18 Å². The Bertz CT molecular complexity index is 492. The Balaban J connectivity index is 2.75. The summed E-state index contributed by atoms with van der Waals surface area (Å²) in [4.78, 5) is 6.21. The van der Waals surface area contributed by atoms with Gasteiger partial charge in [-0.15, -0.1) is 0 Å². The summed E-state index contributed by atoms with van der Waals surface area (Å²) < 4.78 is 37.0. The van der Waals surface area contributed by atoms with Crippen LogP contribution >= 0.6 is 0 Å². The molecule has 0 aliphatic rings. The number of halogens is 3. The van der Waals surface area contributed by atoms with Crippen molar-refractivity contribution in [3.05, 3.63) is 40.0 Å². The Hall–Kier alpha value is -2.19. The molecule has 0 aliphatic heterocycles. The van der Waals surface area contributed by atoms with Crippen LogP contribution in [0.2, 0.25) is 0 Å². The molecule has 0 amide bonds. The van der Waals surface area contributed by atoms with Crippen LogP contribution in [-0.4, -0.2) is 11.5 Å². The number of azide groups is 1. The summed E-state index contributed by atoms with van der Waals surface area (Å²) in [6.45, 7) is 0.183. The molecule has 0 atom stereocenters. The number of hydrogen-bond acceptors (Lipinski definition) is 2. The van der Waals surface area contributed by atoms with Gasteiger partial charge in [-0.2, -0.15) is 13.2 Å². The first-order valence-corrected chi connectivity index (χ1v) is 4.57. The van der Waals surface area contributed by atoms with Gasteiger partial charge in [-0.05, 0) is 23.6 Å². The molecule has 1 aromatic rings. The van der Waals surface area contributed by atoms with Crippen LogP contribution in [-0.2, 0) is 6.18 Å². The molecule has 0 saturated heterocycles. The lowest BCUT2D eigenvalue weighted by Crippen LogP contribution is -2.05. The largest absolute Gasteiger partial charge is 0.416 e. The molecule has 0 unspecified atom stereocenters. The van der Waals surface area contributed by atoms with Crippen molar-refractivity contribution < 1.29 is 13.2 Å². The van der Waals surface area contributed by atoms with E-state index in [1.807, 2.05) is 0 Å². The molecule has 0 N–H and O–H groups in total. The van der Waals surface area contributed by atoms with Gasteiger partial charge in [0.15, 0.2) is 0 Å². The topological polar surface area (TPSA) is 61.7 Å². The third kappa shape index (κ3) is 4.45. The van der Waals surface area contributed by atoms with Crippen molar-refractivity contribution in [3.63, 3.8) is 0 Å². The fourth-order valence-electron chi connectivity index (χ4n) is 0.979. The first-order chi connectivity index (χ1) is 8.04. The van der Waals surface area contributed by atoms with Gasteiger partial charge in [-0.1, -0.05) is 11.0 Å². The molecule has 17 heavy (non-hydrogen) atoms. The molecule has 0 radical (unpaired) electrons. The van der Waals surface area contributed by atoms with Crippen molar-refractivity contribution in [1.82, 2.24) is 4.98 Å². The standard InChI is InChI=1S/C10H7F3N4/c11-10(12,13)8-4-6-15-9(7-8)3-1-2-5-16-17-14/h4,6-7H,2,5H2. The average Bonchev–Trinajstić information content (AvgIpc) is 2.28. The molecule has 0 fully saturated rings. The molecular formula is C10H7F3N4. The fourth-order valence-corrected chi connectivity index (χ4v) is 0.979. The number of rotatable bonds is 2. The minimum Gasteiger partial charge on any atom is -0.248 e. The van der Waals surface area contributed by atoms with Gasteiger partial charge in [0.25, 0.3) is 0 Å². The molecule has 1 heterocycles. The van der Waals surface area contributed by atoms with Crippen molar-refractivity contribution in [1.29, 1.82) is 0 Å². The predicted octanol–water partition coefficient (Wildman–Crippen LogP) is 3.15. The lowest BCUT2D eigenvalue weighted by atomic mass is 10.2. The van der Waals surface area contributed by atoms with Gasteiger partial charge in [0, 0.05) is 24.1 Å². The summed E-state index contributed by atoms with van der Waals surface area (Å²) in [5.41, 5.74) is 7.24. The van der Waals surface area contributed by atoms with Crippen LogP contribution < -0.4 is 0 Å². The Morgan fingerprint density at radius 1 is 1.47 bits per heavy atom. The lowest BCUT2D eigenvalue weighted by molar-refractivity contribution is -0.137. The third-order valence-corrected chi connectivity index (χ3v) is 1.70. The highest BCUT2D eigenvalue weighted by Crippen LogP contribution is 2.28. The van der Waals surface area contributed by atoms with E-state index in [9.17, 15) is 13.2 Å². The maximum absolute atomic E-state index is 12.3. The van der Waals surface area contributed by atoms with E-state index in [-0.39, 0.29) is 18.7 Å². The van der Waals surface area contributed by atoms with Crippen molar-refractivity contribution >= 4 is 0 Å². The molecule has 7 heteroatoms. The van der Waals surface area contributed by atoms with E-state index in [0.717, 1.165) is 18.3 Å². The first-order valence-electron chi connectivity index (χ1n) is 4.57. The van der Waals surface area contributed by atoms with E-state index in [1.165, 1.54) is 0 Å². The Morgan fingerprint density at radius 3 is 2.88 bits per heavy atom. The molecule has 0 spiro atoms. The van der Waals surface area contributed by atoms with Gasteiger partial charge in [0.1, 0.15) is 5.69 Å². The molecule has 0 bridgehead atoms. The SMILES string of the molecule is [N-]=[N+]=NCCC#Cc1cc(C(F)(F)F)ccn1. The van der Waals surface area contributed by atoms with Crippen molar-refractivity contribution in [2.45, 2.75) is 12.6 Å². The van der Waals surface area contributed by atoms with E-state index in [0.29, 0.717) is 0 Å². The molecule has 1 aromatic heterocycles. The predicted molar refractivity (Wildman–Crippen MR) is 54.7 cm³/mol. The van der Waals surface area contributed by atoms with Crippen LogP contribution in [0.25, 0.3) is 10.4 Å². The minimum absolute atomic E-state index is 0.0424. The van der Waals surface area contributed by atoms with Crippen molar-refractivity contribution in [2.24, 2.45) is 5.11 Å². The number of nitrogens with zero attached hydrogens (tertiary/aromatic N) is 4. The van der Waals surface area contributed by atoms with Gasteiger partial charge < -0.3 is 0 Å². The smallest absolute Gasteiger partial charge is 0.248 e. The fraction of sp³-hybridized carbons (Fsp3) is 0.300. The van der Waals surface area contributed by atoms with Crippen molar-refractivity contribution in [2.75, 3.05) is 6.54 Å². The molecule has 0 saturated carbocycles. The number of aromatic nitrogens is 1. The zero-order valence-electron chi connectivity index (χ0n) is 8.57. The summed E-state index contributed by atoms with van der Waals surface area (Å²) in [5, 5.41) is 3.24. The summed E-state index contributed by atoms with van der Waals surface area (Å²) in [5.74, 6) is 5.04. The second kappa shape index (κ2) is 5.77. The average molecular weight is 240 g/mol. The first kappa shape index (κ1) is 12.9. The summed E-state index contributed by atoms with van der Waals surface area (Å²) in [6.07, 6.45) is -3.06. The Kier molecular flexibility index (Phi) is 4.37. The quantitative estimate of drug-likeness (QED) is 0.257. The maximum atomic E-state index is 12.3. The third-order valence-electron chi connectivity index (χ3n) is 1.70. The highest BCUT2D eigenvalue weighted by atomic mass is 19.4. The molecule has 88 valence electrons. The zero-order chi connectivity index (χ0) is 12.7. The molecule has 1 rings (SSSR count). The van der Waals surface area contributed by atoms with E-state index >= 15 is 0 Å². The van der Waals surface area contributed by atoms with Gasteiger partial charge in [0.2, 0.25) is 0 Å². The highest BCUT2D eigenvalue weighted by Gasteiger charge is 2.30. The van der Waals surface area contributed by atoms with E-state index < -0.39 is 11.7 Å². The second-order valence-electron chi connectivity index (χ2n) is 2.93. The molecule has 0 aliphatic carbocycles. The Labute approximate surface area is 95.1 Å². The van der Waals surface area contributed by atoms with Crippen LogP contribution in [0.15, 0.2) is 23.4 Å². The highest BCUT2D eigenvalue weighted by molar-refractivity contribution is 5.31. The van der Waals surface area contributed by atoms with Gasteiger partial charge in [-0.3, -0.25) is 0 Å². The zero-order valence-corrected chi connectivity index (χ0v) is 8.57. The number of hydrogen-bond donors (Lipinski definition) is 0. The van der Waals surface area contributed by atoms with E-state index in [4.69, 9.17) is 5.53 Å². The van der Waals surface area contributed by atoms with Crippen LogP contribution in [0.3, 0.4) is 0 Å². The van der Waals surface area contributed by atoms with E-state index in [1.54, 1.807) is 0 Å². The monoisotopic (exact) mass is 240 g/mol. The summed E-state index contributed by atoms with van der Waals surface area (Å²) in [6, 6.07) is 1.76. The van der Waals surface area contributed by atoms with Crippen LogP contribution in [0.1, 0.15) is 17.7 Å². The normalized spacial score (nSPS) is 10.1. The van der Waals surface area contributed by atoms with Gasteiger partial charge in [-0.25, -0.2) is 4.98 Å². The summed E-state index contributed by atoms with van der Waals surface area (Å²) in [7, 11) is 0. The number of alkyl halides is 3. The summed E-state index contributed by atoms with van der Waals surface area (Å²) >= 11 is 0.